The smallest absolute Gasteiger partial charge is 0.414 e. The number of carboxylic acid groups (broad SMARTS) is 2. The fourth-order valence-corrected chi connectivity index (χ4v) is 1.34. The first-order valence-corrected chi connectivity index (χ1v) is 5.40. The first-order valence-electron chi connectivity index (χ1n) is 5.40. The molecule has 0 amide bonds. The van der Waals surface area contributed by atoms with E-state index in [2.05, 4.69) is 28.1 Å². The maximum atomic E-state index is 9.10. The van der Waals surface area contributed by atoms with Crippen LogP contribution in [0.1, 0.15) is 0 Å². The van der Waals surface area contributed by atoms with Gasteiger partial charge in [-0.2, -0.15) is 0 Å². The lowest BCUT2D eigenvalue weighted by Crippen LogP contribution is -2.09. The summed E-state index contributed by atoms with van der Waals surface area (Å²) in [6.45, 7) is 0. The molecule has 0 aliphatic heterocycles. The van der Waals surface area contributed by atoms with Gasteiger partial charge in [-0.15, -0.1) is 0 Å². The van der Waals surface area contributed by atoms with Gasteiger partial charge in [0.2, 0.25) is 0 Å². The van der Waals surface area contributed by atoms with Crippen LogP contribution in [0.4, 0.5) is 5.69 Å². The number of pyridine rings is 1. The van der Waals surface area contributed by atoms with Crippen LogP contribution < -0.4 is 4.90 Å². The van der Waals surface area contributed by atoms with Gasteiger partial charge in [-0.3, -0.25) is 4.98 Å². The molecular formula is C13H14N2O4. The van der Waals surface area contributed by atoms with Gasteiger partial charge < -0.3 is 15.1 Å². The summed E-state index contributed by atoms with van der Waals surface area (Å²) in [5.41, 5.74) is 2.26. The van der Waals surface area contributed by atoms with Gasteiger partial charge in [0.05, 0.1) is 5.52 Å². The molecule has 2 aromatic rings. The summed E-state index contributed by atoms with van der Waals surface area (Å²) in [6, 6.07) is 10.3. The predicted molar refractivity (Wildman–Crippen MR) is 71.3 cm³/mol. The van der Waals surface area contributed by atoms with E-state index in [1.807, 2.05) is 32.4 Å². The number of carboxylic acids is 2. The number of aromatic nitrogens is 1. The molecule has 2 N–H and O–H groups in total. The fourth-order valence-electron chi connectivity index (χ4n) is 1.34. The van der Waals surface area contributed by atoms with Gasteiger partial charge in [-0.25, -0.2) is 9.59 Å². The van der Waals surface area contributed by atoms with Crippen LogP contribution in [-0.2, 0) is 9.59 Å². The number of benzene rings is 1. The van der Waals surface area contributed by atoms with Crippen LogP contribution >= 0.6 is 0 Å². The molecular weight excluding hydrogens is 248 g/mol. The second kappa shape index (κ2) is 6.34. The standard InChI is InChI=1S/C11H12N2.C2H2O4/c1-13(2)10-5-6-11-9(8-10)4-3-7-12-11;3-1(4)2(5)6/h3-8H,1-2H3;(H,3,4)(H,5,6). The van der Waals surface area contributed by atoms with Crippen LogP contribution in [0.25, 0.3) is 10.9 Å². The molecule has 0 bridgehead atoms. The van der Waals surface area contributed by atoms with Crippen molar-refractivity contribution in [3.63, 3.8) is 0 Å². The second-order valence-corrected chi connectivity index (χ2v) is 3.89. The van der Waals surface area contributed by atoms with Crippen molar-refractivity contribution in [2.75, 3.05) is 19.0 Å². The average Bonchev–Trinajstić information content (AvgIpc) is 2.38. The van der Waals surface area contributed by atoms with Gasteiger partial charge in [-0.05, 0) is 24.3 Å². The zero-order chi connectivity index (χ0) is 14.4. The highest BCUT2D eigenvalue weighted by molar-refractivity contribution is 6.27. The normalized spacial score (nSPS) is 9.37. The van der Waals surface area contributed by atoms with Gasteiger partial charge in [-0.1, -0.05) is 6.07 Å². The van der Waals surface area contributed by atoms with Crippen molar-refractivity contribution in [2.24, 2.45) is 0 Å². The van der Waals surface area contributed by atoms with E-state index in [9.17, 15) is 0 Å². The molecule has 2 rings (SSSR count). The van der Waals surface area contributed by atoms with Crippen LogP contribution in [0.2, 0.25) is 0 Å². The molecule has 0 saturated heterocycles. The monoisotopic (exact) mass is 262 g/mol. The minimum atomic E-state index is -1.82. The Morgan fingerprint density at radius 2 is 1.74 bits per heavy atom. The maximum absolute atomic E-state index is 9.10. The maximum Gasteiger partial charge on any atom is 0.414 e. The van der Waals surface area contributed by atoms with E-state index in [0.29, 0.717) is 0 Å². The number of carbonyl (C=O) groups is 2. The molecule has 1 heterocycles. The molecule has 100 valence electrons. The van der Waals surface area contributed by atoms with Crippen molar-refractivity contribution in [3.05, 3.63) is 36.5 Å². The molecule has 1 aromatic heterocycles. The van der Waals surface area contributed by atoms with Crippen LogP contribution in [0.3, 0.4) is 0 Å². The molecule has 0 saturated carbocycles. The molecule has 0 atom stereocenters. The molecule has 1 aromatic carbocycles. The number of anilines is 1. The van der Waals surface area contributed by atoms with Crippen molar-refractivity contribution in [1.29, 1.82) is 0 Å². The lowest BCUT2D eigenvalue weighted by atomic mass is 10.2. The van der Waals surface area contributed by atoms with Gasteiger partial charge in [0, 0.05) is 31.4 Å². The highest BCUT2D eigenvalue weighted by Gasteiger charge is 2.04. The number of aliphatic carboxylic acids is 2. The van der Waals surface area contributed by atoms with Crippen molar-refractivity contribution in [3.8, 4) is 0 Å². The van der Waals surface area contributed by atoms with E-state index in [0.717, 1.165) is 5.52 Å². The quantitative estimate of drug-likeness (QED) is 0.756. The van der Waals surface area contributed by atoms with E-state index in [1.54, 1.807) is 0 Å². The van der Waals surface area contributed by atoms with Gasteiger partial charge in [0.25, 0.3) is 0 Å². The Balaban J connectivity index is 0.000000258. The lowest BCUT2D eigenvalue weighted by Gasteiger charge is -2.12. The van der Waals surface area contributed by atoms with Crippen LogP contribution in [0.5, 0.6) is 0 Å². The van der Waals surface area contributed by atoms with E-state index >= 15 is 0 Å². The van der Waals surface area contributed by atoms with Gasteiger partial charge in [0.15, 0.2) is 0 Å². The van der Waals surface area contributed by atoms with Gasteiger partial charge in [0.1, 0.15) is 0 Å². The number of rotatable bonds is 1. The zero-order valence-electron chi connectivity index (χ0n) is 10.6. The molecule has 0 fully saturated rings. The summed E-state index contributed by atoms with van der Waals surface area (Å²) in [6.07, 6.45) is 1.82. The number of fused-ring (bicyclic) bond motifs is 1. The highest BCUT2D eigenvalue weighted by atomic mass is 16.4. The summed E-state index contributed by atoms with van der Waals surface area (Å²) in [4.78, 5) is 24.6. The summed E-state index contributed by atoms with van der Waals surface area (Å²) in [5, 5.41) is 16.0. The molecule has 0 unspecified atom stereocenters. The van der Waals surface area contributed by atoms with Crippen molar-refractivity contribution in [2.45, 2.75) is 0 Å². The number of nitrogens with zero attached hydrogens (tertiary/aromatic N) is 2. The number of hydrogen-bond donors (Lipinski definition) is 2. The Kier molecular flexibility index (Phi) is 4.82. The lowest BCUT2D eigenvalue weighted by molar-refractivity contribution is -0.159. The Bertz CT molecular complexity index is 584. The second-order valence-electron chi connectivity index (χ2n) is 3.89. The molecule has 0 spiro atoms. The zero-order valence-corrected chi connectivity index (χ0v) is 10.6. The summed E-state index contributed by atoms with van der Waals surface area (Å²) < 4.78 is 0. The first kappa shape index (κ1) is 14.4. The Hall–Kier alpha value is -2.63. The van der Waals surface area contributed by atoms with Crippen LogP contribution in [0, 0.1) is 0 Å². The third kappa shape index (κ3) is 4.27. The molecule has 6 nitrogen and oxygen atoms in total. The van der Waals surface area contributed by atoms with E-state index in [1.165, 1.54) is 11.1 Å². The van der Waals surface area contributed by atoms with Crippen molar-refractivity contribution >= 4 is 28.5 Å². The summed E-state index contributed by atoms with van der Waals surface area (Å²) in [5.74, 6) is -3.65. The topological polar surface area (TPSA) is 90.7 Å². The minimum absolute atomic E-state index is 1.05. The van der Waals surface area contributed by atoms with E-state index < -0.39 is 11.9 Å². The number of hydrogen-bond acceptors (Lipinski definition) is 4. The first-order chi connectivity index (χ1) is 8.91. The average molecular weight is 262 g/mol. The Morgan fingerprint density at radius 1 is 1.11 bits per heavy atom. The SMILES string of the molecule is CN(C)c1ccc2ncccc2c1.O=C(O)C(=O)O. The summed E-state index contributed by atoms with van der Waals surface area (Å²) in [7, 11) is 4.08. The molecule has 19 heavy (non-hydrogen) atoms. The highest BCUT2D eigenvalue weighted by Crippen LogP contribution is 2.18. The van der Waals surface area contributed by atoms with E-state index in [4.69, 9.17) is 19.8 Å². The third-order valence-corrected chi connectivity index (χ3v) is 2.29. The third-order valence-electron chi connectivity index (χ3n) is 2.29. The van der Waals surface area contributed by atoms with Crippen molar-refractivity contribution < 1.29 is 19.8 Å². The largest absolute Gasteiger partial charge is 0.473 e. The van der Waals surface area contributed by atoms with E-state index in [-0.39, 0.29) is 0 Å². The Labute approximate surface area is 109 Å². The molecule has 0 aliphatic carbocycles. The molecule has 0 radical (unpaired) electrons. The summed E-state index contributed by atoms with van der Waals surface area (Å²) >= 11 is 0. The Morgan fingerprint density at radius 3 is 2.26 bits per heavy atom. The van der Waals surface area contributed by atoms with Crippen molar-refractivity contribution in [1.82, 2.24) is 4.98 Å². The molecule has 6 heteroatoms. The van der Waals surface area contributed by atoms with Crippen LogP contribution in [-0.4, -0.2) is 41.2 Å². The van der Waals surface area contributed by atoms with Gasteiger partial charge >= 0.3 is 11.9 Å². The minimum Gasteiger partial charge on any atom is -0.473 e. The fraction of sp³-hybridized carbons (Fsp3) is 0.154. The predicted octanol–water partition coefficient (Wildman–Crippen LogP) is 1.46. The van der Waals surface area contributed by atoms with Crippen LogP contribution in [0.15, 0.2) is 36.5 Å². The molecule has 0 aliphatic rings.